The Bertz CT molecular complexity index is 1810. The summed E-state index contributed by atoms with van der Waals surface area (Å²) in [5, 5.41) is 8.23. The Hall–Kier alpha value is -4.64. The molecule has 5 aromatic heterocycles. The van der Waals surface area contributed by atoms with Crippen LogP contribution in [0.2, 0.25) is 0 Å². The van der Waals surface area contributed by atoms with Crippen molar-refractivity contribution in [3.63, 3.8) is 0 Å². The molecule has 1 fully saturated rings. The van der Waals surface area contributed by atoms with Gasteiger partial charge in [-0.05, 0) is 30.0 Å². The second-order valence-corrected chi connectivity index (χ2v) is 10.8. The molecule has 5 aromatic rings. The first-order chi connectivity index (χ1) is 19.5. The topological polar surface area (TPSA) is 122 Å². The Morgan fingerprint density at radius 2 is 2.12 bits per heavy atom. The average Bonchev–Trinajstić information content (AvgIpc) is 3.35. The molecule has 0 saturated carbocycles. The van der Waals surface area contributed by atoms with Crippen molar-refractivity contribution in [2.24, 2.45) is 0 Å². The SMILES string of the molecule is CCCCC(=O)Nc1cncc(-c2cnc3c(c2F)C(c2nc4c(-c5cccs5)nccc4[nH]2)=C2NC2N3C)c1. The van der Waals surface area contributed by atoms with E-state index in [1.165, 1.54) is 6.20 Å². The summed E-state index contributed by atoms with van der Waals surface area (Å²) in [6.45, 7) is 2.03. The number of carbonyl (C=O) groups excluding carboxylic acids is 1. The molecule has 2 aliphatic rings. The third-order valence-corrected chi connectivity index (χ3v) is 8.08. The lowest BCUT2D eigenvalue weighted by Crippen LogP contribution is -2.27. The van der Waals surface area contributed by atoms with Crippen molar-refractivity contribution in [2.75, 3.05) is 17.3 Å². The number of hydrogen-bond donors (Lipinski definition) is 3. The summed E-state index contributed by atoms with van der Waals surface area (Å²) >= 11 is 1.59. The van der Waals surface area contributed by atoms with Gasteiger partial charge in [0.2, 0.25) is 5.91 Å². The van der Waals surface area contributed by atoms with Gasteiger partial charge in [0.25, 0.3) is 0 Å². The Labute approximate surface area is 233 Å². The van der Waals surface area contributed by atoms with Crippen LogP contribution in [0.1, 0.15) is 37.6 Å². The van der Waals surface area contributed by atoms with E-state index in [4.69, 9.17) is 4.98 Å². The second kappa shape index (κ2) is 9.53. The number of halogens is 1. The van der Waals surface area contributed by atoms with E-state index in [1.54, 1.807) is 36.0 Å². The van der Waals surface area contributed by atoms with Crippen molar-refractivity contribution in [1.29, 1.82) is 0 Å². The molecular weight excluding hydrogens is 527 g/mol. The molecule has 1 unspecified atom stereocenters. The smallest absolute Gasteiger partial charge is 0.224 e. The summed E-state index contributed by atoms with van der Waals surface area (Å²) in [5.41, 5.74) is 5.55. The van der Waals surface area contributed by atoms with Crippen LogP contribution < -0.4 is 15.5 Å². The van der Waals surface area contributed by atoms with Gasteiger partial charge in [0.15, 0.2) is 0 Å². The molecule has 0 radical (unpaired) electrons. The van der Waals surface area contributed by atoms with Crippen molar-refractivity contribution in [1.82, 2.24) is 30.2 Å². The third kappa shape index (κ3) is 4.01. The Kier molecular flexibility index (Phi) is 5.81. The van der Waals surface area contributed by atoms with Gasteiger partial charge in [0, 0.05) is 43.2 Å². The monoisotopic (exact) mass is 552 g/mol. The van der Waals surface area contributed by atoms with Crippen molar-refractivity contribution < 1.29 is 9.18 Å². The zero-order chi connectivity index (χ0) is 27.4. The number of aromatic amines is 1. The molecule has 7 heterocycles. The molecule has 200 valence electrons. The molecule has 9 nitrogen and oxygen atoms in total. The zero-order valence-electron chi connectivity index (χ0n) is 21.8. The molecule has 3 N–H and O–H groups in total. The van der Waals surface area contributed by atoms with Crippen LogP contribution in [-0.2, 0) is 4.79 Å². The van der Waals surface area contributed by atoms with Crippen LogP contribution in [0.5, 0.6) is 0 Å². The first-order valence-electron chi connectivity index (χ1n) is 13.1. The number of imidazole rings is 1. The van der Waals surface area contributed by atoms with Gasteiger partial charge in [-0.3, -0.25) is 14.8 Å². The van der Waals surface area contributed by atoms with Gasteiger partial charge >= 0.3 is 0 Å². The van der Waals surface area contributed by atoms with Gasteiger partial charge in [-0.25, -0.2) is 14.4 Å². The number of carbonyl (C=O) groups is 1. The van der Waals surface area contributed by atoms with Crippen LogP contribution in [0, 0.1) is 5.82 Å². The fourth-order valence-electron chi connectivity index (χ4n) is 5.14. The number of anilines is 2. The molecule has 7 rings (SSSR count). The van der Waals surface area contributed by atoms with Gasteiger partial charge in [-0.2, -0.15) is 0 Å². The number of unbranched alkanes of at least 4 members (excludes halogenated alkanes) is 1. The number of hydrogen-bond acceptors (Lipinski definition) is 8. The highest BCUT2D eigenvalue weighted by Crippen LogP contribution is 2.46. The van der Waals surface area contributed by atoms with E-state index >= 15 is 4.39 Å². The summed E-state index contributed by atoms with van der Waals surface area (Å²) in [5.74, 6) is 0.544. The number of amides is 1. The largest absolute Gasteiger partial charge is 0.360 e. The van der Waals surface area contributed by atoms with E-state index in [0.717, 1.165) is 40.1 Å². The number of aromatic nitrogens is 5. The van der Waals surface area contributed by atoms with Gasteiger partial charge in [0.1, 0.15) is 34.8 Å². The first kappa shape index (κ1) is 24.4. The van der Waals surface area contributed by atoms with Crippen molar-refractivity contribution in [3.05, 3.63) is 77.3 Å². The summed E-state index contributed by atoms with van der Waals surface area (Å²) < 4.78 is 16.6. The van der Waals surface area contributed by atoms with Crippen LogP contribution >= 0.6 is 11.3 Å². The van der Waals surface area contributed by atoms with Crippen molar-refractivity contribution >= 4 is 45.4 Å². The number of fused-ring (bicyclic) bond motifs is 3. The minimum absolute atomic E-state index is 0.0771. The lowest BCUT2D eigenvalue weighted by atomic mass is 9.97. The standard InChI is InChI=1S/C29H25FN8OS/c1-3-4-7-20(39)34-16-11-15(12-31-13-16)17-14-33-28-21(23(17)30)22(26-29(37-26)38(28)2)27-35-18-8-9-32-25(24(18)36-27)19-6-5-10-40-19/h5-6,8-14,29,37H,3-4,7H2,1-2H3,(H,34,39)(H,35,36). The summed E-state index contributed by atoms with van der Waals surface area (Å²) in [7, 11) is 1.89. The molecule has 40 heavy (non-hydrogen) atoms. The van der Waals surface area contributed by atoms with Gasteiger partial charge in [0.05, 0.1) is 39.1 Å². The molecule has 0 aromatic carbocycles. The van der Waals surface area contributed by atoms with E-state index in [2.05, 4.69) is 30.6 Å². The molecule has 0 spiro atoms. The zero-order valence-corrected chi connectivity index (χ0v) is 22.6. The van der Waals surface area contributed by atoms with E-state index in [9.17, 15) is 4.79 Å². The van der Waals surface area contributed by atoms with E-state index in [-0.39, 0.29) is 12.1 Å². The molecule has 0 bridgehead atoms. The minimum Gasteiger partial charge on any atom is -0.360 e. The quantitative estimate of drug-likeness (QED) is 0.226. The maximum atomic E-state index is 16.6. The van der Waals surface area contributed by atoms with Crippen LogP contribution in [0.4, 0.5) is 15.9 Å². The van der Waals surface area contributed by atoms with Gasteiger partial charge in [-0.15, -0.1) is 11.3 Å². The molecule has 0 aliphatic carbocycles. The van der Waals surface area contributed by atoms with E-state index in [1.807, 2.05) is 42.5 Å². The number of nitrogens with one attached hydrogen (secondary N) is 3. The van der Waals surface area contributed by atoms with Crippen LogP contribution in [0.15, 0.2) is 60.1 Å². The molecule has 11 heteroatoms. The third-order valence-electron chi connectivity index (χ3n) is 7.20. The molecule has 1 atom stereocenters. The van der Waals surface area contributed by atoms with Crippen LogP contribution in [0.3, 0.4) is 0 Å². The van der Waals surface area contributed by atoms with E-state index < -0.39 is 5.82 Å². The number of H-pyrrole nitrogens is 1. The van der Waals surface area contributed by atoms with E-state index in [0.29, 0.717) is 46.0 Å². The predicted molar refractivity (Wildman–Crippen MR) is 154 cm³/mol. The highest BCUT2D eigenvalue weighted by Gasteiger charge is 2.45. The summed E-state index contributed by atoms with van der Waals surface area (Å²) in [6.07, 6.45) is 8.48. The normalized spacial score (nSPS) is 15.6. The second-order valence-electron chi connectivity index (χ2n) is 9.86. The Balaban J connectivity index is 1.32. The first-order valence-corrected chi connectivity index (χ1v) is 14.0. The Morgan fingerprint density at radius 1 is 1.23 bits per heavy atom. The number of nitrogens with zero attached hydrogens (tertiary/aromatic N) is 5. The number of pyridine rings is 3. The highest BCUT2D eigenvalue weighted by molar-refractivity contribution is 7.13. The minimum atomic E-state index is -0.431. The fourth-order valence-corrected chi connectivity index (χ4v) is 5.86. The lowest BCUT2D eigenvalue weighted by Gasteiger charge is -2.24. The van der Waals surface area contributed by atoms with Crippen molar-refractivity contribution in [3.8, 4) is 21.7 Å². The lowest BCUT2D eigenvalue weighted by molar-refractivity contribution is -0.116. The summed E-state index contributed by atoms with van der Waals surface area (Å²) in [6, 6.07) is 7.59. The van der Waals surface area contributed by atoms with Crippen molar-refractivity contribution in [2.45, 2.75) is 32.4 Å². The highest BCUT2D eigenvalue weighted by atomic mass is 32.1. The molecule has 1 saturated heterocycles. The molecule has 2 aliphatic heterocycles. The van der Waals surface area contributed by atoms with Gasteiger partial charge < -0.3 is 20.5 Å². The summed E-state index contributed by atoms with van der Waals surface area (Å²) in [4.78, 5) is 37.0. The van der Waals surface area contributed by atoms with Crippen LogP contribution in [0.25, 0.3) is 38.3 Å². The fraction of sp³-hybridized carbons (Fsp3) is 0.207. The predicted octanol–water partition coefficient (Wildman–Crippen LogP) is 5.55. The number of likely N-dealkylation sites (N-methyl/N-ethyl adjacent to an activating group) is 1. The van der Waals surface area contributed by atoms with Gasteiger partial charge in [-0.1, -0.05) is 19.4 Å². The number of rotatable bonds is 7. The average molecular weight is 553 g/mol. The van der Waals surface area contributed by atoms with Crippen LogP contribution in [-0.4, -0.2) is 44.0 Å². The Morgan fingerprint density at radius 3 is 2.95 bits per heavy atom. The molecular formula is C29H25FN8OS. The maximum Gasteiger partial charge on any atom is 0.224 e. The number of thiophene rings is 1. The molecule has 1 amide bonds. The maximum absolute atomic E-state index is 16.6.